The van der Waals surface area contributed by atoms with Gasteiger partial charge in [0.2, 0.25) is 0 Å². The van der Waals surface area contributed by atoms with Crippen LogP contribution < -0.4 is 25.0 Å². The highest BCUT2D eigenvalue weighted by atomic mass is 19.1. The van der Waals surface area contributed by atoms with E-state index in [4.69, 9.17) is 9.47 Å². The van der Waals surface area contributed by atoms with Crippen molar-refractivity contribution in [2.24, 2.45) is 0 Å². The highest BCUT2D eigenvalue weighted by Gasteiger charge is 2.17. The van der Waals surface area contributed by atoms with Crippen molar-refractivity contribution in [2.75, 3.05) is 63.7 Å². The topological polar surface area (TPSA) is 66.1 Å². The lowest BCUT2D eigenvalue weighted by Gasteiger charge is -2.36. The number of nitrogens with zero attached hydrogens (tertiary/aromatic N) is 2. The molecule has 1 aliphatic heterocycles. The molecule has 1 heterocycles. The largest absolute Gasteiger partial charge is 0.497 e. The number of urea groups is 1. The van der Waals surface area contributed by atoms with Crippen molar-refractivity contribution in [1.82, 2.24) is 10.2 Å². The SMILES string of the molecule is COc1ccc(NC(=O)NCCN2CCN(c3ccc(F)cc3)CC2)c(OC)c1. The highest BCUT2D eigenvalue weighted by Crippen LogP contribution is 2.28. The molecule has 2 aromatic rings. The molecular formula is C21H27FN4O3. The van der Waals surface area contributed by atoms with E-state index in [-0.39, 0.29) is 11.8 Å². The Balaban J connectivity index is 1.39. The maximum absolute atomic E-state index is 13.1. The van der Waals surface area contributed by atoms with Gasteiger partial charge in [-0.05, 0) is 36.4 Å². The van der Waals surface area contributed by atoms with Gasteiger partial charge in [0.15, 0.2) is 0 Å². The van der Waals surface area contributed by atoms with Crippen molar-refractivity contribution in [3.05, 3.63) is 48.3 Å². The molecule has 0 saturated carbocycles. The summed E-state index contributed by atoms with van der Waals surface area (Å²) in [6.45, 7) is 4.85. The normalized spacial score (nSPS) is 14.4. The van der Waals surface area contributed by atoms with E-state index in [1.807, 2.05) is 12.1 Å². The number of ether oxygens (including phenoxy) is 2. The van der Waals surface area contributed by atoms with Crippen LogP contribution in [0, 0.1) is 5.82 Å². The number of amides is 2. The molecule has 3 rings (SSSR count). The zero-order valence-electron chi connectivity index (χ0n) is 16.8. The molecule has 7 nitrogen and oxygen atoms in total. The fourth-order valence-electron chi connectivity index (χ4n) is 3.28. The van der Waals surface area contributed by atoms with Crippen molar-refractivity contribution < 1.29 is 18.7 Å². The molecular weight excluding hydrogens is 375 g/mol. The van der Waals surface area contributed by atoms with Gasteiger partial charge in [-0.25, -0.2) is 9.18 Å². The summed E-state index contributed by atoms with van der Waals surface area (Å²) < 4.78 is 23.5. The molecule has 1 saturated heterocycles. The molecule has 2 N–H and O–H groups in total. The predicted octanol–water partition coefficient (Wildman–Crippen LogP) is 2.79. The summed E-state index contributed by atoms with van der Waals surface area (Å²) in [6, 6.07) is 11.5. The average molecular weight is 402 g/mol. The van der Waals surface area contributed by atoms with Crippen LogP contribution in [0.5, 0.6) is 11.5 Å². The van der Waals surface area contributed by atoms with E-state index >= 15 is 0 Å². The molecule has 0 radical (unpaired) electrons. The number of benzene rings is 2. The van der Waals surface area contributed by atoms with Crippen molar-refractivity contribution in [3.8, 4) is 11.5 Å². The third-order valence-corrected chi connectivity index (χ3v) is 4.93. The number of nitrogens with one attached hydrogen (secondary N) is 2. The van der Waals surface area contributed by atoms with Crippen LogP contribution in [0.2, 0.25) is 0 Å². The number of piperazine rings is 1. The minimum absolute atomic E-state index is 0.219. The minimum atomic E-state index is -0.279. The molecule has 2 amide bonds. The summed E-state index contributed by atoms with van der Waals surface area (Å²) in [7, 11) is 3.12. The fraction of sp³-hybridized carbons (Fsp3) is 0.381. The average Bonchev–Trinajstić information content (AvgIpc) is 2.75. The second-order valence-electron chi connectivity index (χ2n) is 6.75. The second kappa shape index (κ2) is 9.97. The van der Waals surface area contributed by atoms with Crippen molar-refractivity contribution in [1.29, 1.82) is 0 Å². The summed E-state index contributed by atoms with van der Waals surface area (Å²) in [5.74, 6) is 0.980. The molecule has 0 atom stereocenters. The smallest absolute Gasteiger partial charge is 0.319 e. The van der Waals surface area contributed by atoms with E-state index in [0.29, 0.717) is 23.7 Å². The van der Waals surface area contributed by atoms with E-state index in [1.165, 1.54) is 12.1 Å². The highest BCUT2D eigenvalue weighted by molar-refractivity contribution is 5.91. The Labute approximate surface area is 170 Å². The zero-order chi connectivity index (χ0) is 20.6. The molecule has 0 aliphatic carbocycles. The first-order valence-electron chi connectivity index (χ1n) is 9.59. The quantitative estimate of drug-likeness (QED) is 0.746. The van der Waals surface area contributed by atoms with E-state index in [9.17, 15) is 9.18 Å². The van der Waals surface area contributed by atoms with Crippen LogP contribution in [-0.2, 0) is 0 Å². The number of anilines is 2. The Morgan fingerprint density at radius 3 is 2.41 bits per heavy atom. The first-order valence-corrected chi connectivity index (χ1v) is 9.59. The first-order chi connectivity index (χ1) is 14.1. The maximum atomic E-state index is 13.1. The van der Waals surface area contributed by atoms with Gasteiger partial charge in [-0.1, -0.05) is 0 Å². The van der Waals surface area contributed by atoms with Gasteiger partial charge in [0.1, 0.15) is 17.3 Å². The van der Waals surface area contributed by atoms with Crippen molar-refractivity contribution >= 4 is 17.4 Å². The third kappa shape index (κ3) is 5.74. The van der Waals surface area contributed by atoms with Crippen LogP contribution in [0.15, 0.2) is 42.5 Å². The van der Waals surface area contributed by atoms with Crippen molar-refractivity contribution in [3.63, 3.8) is 0 Å². The van der Waals surface area contributed by atoms with E-state index < -0.39 is 0 Å². The lowest BCUT2D eigenvalue weighted by Crippen LogP contribution is -2.48. The molecule has 2 aromatic carbocycles. The summed E-state index contributed by atoms with van der Waals surface area (Å²) >= 11 is 0. The standard InChI is InChI=1S/C21H27FN4O3/c1-28-18-7-8-19(20(15-18)29-2)24-21(27)23-9-10-25-11-13-26(14-12-25)17-5-3-16(22)4-6-17/h3-8,15H,9-14H2,1-2H3,(H2,23,24,27). The number of hydrogen-bond acceptors (Lipinski definition) is 5. The Bertz CT molecular complexity index is 808. The summed E-state index contributed by atoms with van der Waals surface area (Å²) in [5.41, 5.74) is 1.62. The van der Waals surface area contributed by atoms with E-state index in [1.54, 1.807) is 32.4 Å². The van der Waals surface area contributed by atoms with Crippen LogP contribution in [0.1, 0.15) is 0 Å². The van der Waals surface area contributed by atoms with Crippen LogP contribution >= 0.6 is 0 Å². The molecule has 0 aromatic heterocycles. The van der Waals surface area contributed by atoms with Crippen LogP contribution in [-0.4, -0.2) is 64.4 Å². The number of hydrogen-bond donors (Lipinski definition) is 2. The fourth-order valence-corrected chi connectivity index (χ4v) is 3.28. The monoisotopic (exact) mass is 402 g/mol. The molecule has 0 unspecified atom stereocenters. The number of rotatable bonds is 7. The lowest BCUT2D eigenvalue weighted by atomic mass is 10.2. The lowest BCUT2D eigenvalue weighted by molar-refractivity contribution is 0.240. The third-order valence-electron chi connectivity index (χ3n) is 4.93. The van der Waals surface area contributed by atoms with E-state index in [0.717, 1.165) is 38.4 Å². The Morgan fingerprint density at radius 1 is 1.03 bits per heavy atom. The van der Waals surface area contributed by atoms with E-state index in [2.05, 4.69) is 20.4 Å². The summed E-state index contributed by atoms with van der Waals surface area (Å²) in [6.07, 6.45) is 0. The summed E-state index contributed by atoms with van der Waals surface area (Å²) in [4.78, 5) is 16.7. The first kappa shape index (κ1) is 20.7. The molecule has 8 heteroatoms. The molecule has 156 valence electrons. The van der Waals surface area contributed by atoms with Crippen LogP contribution in [0.4, 0.5) is 20.6 Å². The zero-order valence-corrected chi connectivity index (χ0v) is 16.8. The van der Waals surface area contributed by atoms with Gasteiger partial charge >= 0.3 is 6.03 Å². The maximum Gasteiger partial charge on any atom is 0.319 e. The molecule has 0 spiro atoms. The number of methoxy groups -OCH3 is 2. The Hall–Kier alpha value is -3.00. The summed E-state index contributed by atoms with van der Waals surface area (Å²) in [5, 5.41) is 5.67. The second-order valence-corrected chi connectivity index (χ2v) is 6.75. The van der Waals surface area contributed by atoms with Gasteiger partial charge in [-0.3, -0.25) is 4.90 Å². The predicted molar refractivity (Wildman–Crippen MR) is 112 cm³/mol. The molecule has 1 aliphatic rings. The number of carbonyl (C=O) groups excluding carboxylic acids is 1. The Morgan fingerprint density at radius 2 is 1.76 bits per heavy atom. The van der Waals surface area contributed by atoms with Crippen LogP contribution in [0.25, 0.3) is 0 Å². The van der Waals surface area contributed by atoms with Gasteiger partial charge in [-0.2, -0.15) is 0 Å². The van der Waals surface area contributed by atoms with Crippen molar-refractivity contribution in [2.45, 2.75) is 0 Å². The van der Waals surface area contributed by atoms with Gasteiger partial charge in [0.25, 0.3) is 0 Å². The van der Waals surface area contributed by atoms with Gasteiger partial charge in [0.05, 0.1) is 19.9 Å². The molecule has 1 fully saturated rings. The van der Waals surface area contributed by atoms with Gasteiger partial charge < -0.3 is 25.0 Å². The Kier molecular flexibility index (Phi) is 7.13. The van der Waals surface area contributed by atoms with Gasteiger partial charge in [0, 0.05) is 51.0 Å². The molecule has 0 bridgehead atoms. The van der Waals surface area contributed by atoms with Gasteiger partial charge in [-0.15, -0.1) is 0 Å². The minimum Gasteiger partial charge on any atom is -0.497 e. The molecule has 29 heavy (non-hydrogen) atoms. The van der Waals surface area contributed by atoms with Crippen LogP contribution in [0.3, 0.4) is 0 Å². The number of carbonyl (C=O) groups is 1. The number of halogens is 1.